The van der Waals surface area contributed by atoms with E-state index in [2.05, 4.69) is 0 Å². The van der Waals surface area contributed by atoms with Crippen molar-refractivity contribution >= 4 is 20.9 Å². The van der Waals surface area contributed by atoms with Crippen LogP contribution in [0.3, 0.4) is 0 Å². The average molecular weight is 226 g/mol. The maximum atomic E-state index is 11.0. The first-order valence-electron chi connectivity index (χ1n) is 4.04. The van der Waals surface area contributed by atoms with Crippen molar-refractivity contribution in [3.63, 3.8) is 0 Å². The topological polar surface area (TPSA) is 90.9 Å². The fraction of sp³-hybridized carbons (Fsp3) is 0. The first-order valence-corrected chi connectivity index (χ1v) is 5.48. The van der Waals surface area contributed by atoms with E-state index in [1.807, 2.05) is 6.07 Å². The van der Waals surface area contributed by atoms with Crippen LogP contribution in [0.2, 0.25) is 0 Å². The third-order valence-corrected chi connectivity index (χ3v) is 2.94. The summed E-state index contributed by atoms with van der Waals surface area (Å²) in [6, 6.07) is 11.8. The standard InChI is InChI=1S/C10H8O3S.H3N/c11-14(12,13)10-7-3-5-8-4-1-2-6-9(8)10;/h1-7H,(H,11,12,13);1H3/p+1. The van der Waals surface area contributed by atoms with Crippen molar-refractivity contribution in [2.75, 3.05) is 0 Å². The lowest BCUT2D eigenvalue weighted by atomic mass is 10.1. The third-order valence-electron chi connectivity index (χ3n) is 2.03. The van der Waals surface area contributed by atoms with Crippen LogP contribution in [0.5, 0.6) is 0 Å². The van der Waals surface area contributed by atoms with Gasteiger partial charge in [0.2, 0.25) is 0 Å². The zero-order chi connectivity index (χ0) is 10.2. The van der Waals surface area contributed by atoms with E-state index in [9.17, 15) is 8.42 Å². The highest BCUT2D eigenvalue weighted by molar-refractivity contribution is 7.86. The molecule has 0 aromatic heterocycles. The Kier molecular flexibility index (Phi) is 3.09. The third kappa shape index (κ3) is 2.15. The summed E-state index contributed by atoms with van der Waals surface area (Å²) in [5, 5.41) is 1.33. The second-order valence-corrected chi connectivity index (χ2v) is 4.34. The van der Waals surface area contributed by atoms with Crippen LogP contribution < -0.4 is 6.15 Å². The quantitative estimate of drug-likeness (QED) is 0.731. The maximum Gasteiger partial charge on any atom is 0.295 e. The van der Waals surface area contributed by atoms with E-state index in [4.69, 9.17) is 4.55 Å². The molecule has 2 rings (SSSR count). The van der Waals surface area contributed by atoms with Gasteiger partial charge in [-0.3, -0.25) is 4.55 Å². The molecule has 2 aromatic carbocycles. The molecule has 80 valence electrons. The van der Waals surface area contributed by atoms with Crippen molar-refractivity contribution in [1.82, 2.24) is 6.15 Å². The number of quaternary nitrogens is 1. The second-order valence-electron chi connectivity index (χ2n) is 2.95. The molecule has 15 heavy (non-hydrogen) atoms. The predicted octanol–water partition coefficient (Wildman–Crippen LogP) is 2.46. The summed E-state index contributed by atoms with van der Waals surface area (Å²) in [4.78, 5) is -0.0457. The molecule has 0 spiro atoms. The Morgan fingerprint density at radius 1 is 0.933 bits per heavy atom. The normalized spacial score (nSPS) is 11.0. The van der Waals surface area contributed by atoms with Gasteiger partial charge in [-0.2, -0.15) is 8.42 Å². The Labute approximate surface area is 87.9 Å². The van der Waals surface area contributed by atoms with E-state index in [-0.39, 0.29) is 11.0 Å². The number of hydrogen-bond donors (Lipinski definition) is 2. The number of fused-ring (bicyclic) bond motifs is 1. The van der Waals surface area contributed by atoms with Crippen LogP contribution in [-0.4, -0.2) is 13.0 Å². The Morgan fingerprint density at radius 3 is 2.20 bits per heavy atom. The molecule has 0 aliphatic rings. The maximum absolute atomic E-state index is 11.0. The molecule has 0 amide bonds. The van der Waals surface area contributed by atoms with Crippen LogP contribution in [-0.2, 0) is 10.1 Å². The van der Waals surface area contributed by atoms with Gasteiger partial charge in [-0.1, -0.05) is 36.4 Å². The van der Waals surface area contributed by atoms with E-state index < -0.39 is 10.1 Å². The van der Waals surface area contributed by atoms with Crippen LogP contribution in [0, 0.1) is 0 Å². The zero-order valence-corrected chi connectivity index (χ0v) is 9.03. The minimum absolute atomic E-state index is 0. The van der Waals surface area contributed by atoms with E-state index in [1.165, 1.54) is 6.07 Å². The summed E-state index contributed by atoms with van der Waals surface area (Å²) in [6.07, 6.45) is 0. The fourth-order valence-electron chi connectivity index (χ4n) is 1.42. The molecular formula is C10H12NO3S+. The van der Waals surface area contributed by atoms with Gasteiger partial charge < -0.3 is 6.15 Å². The highest BCUT2D eigenvalue weighted by Crippen LogP contribution is 2.21. The Hall–Kier alpha value is -1.43. The van der Waals surface area contributed by atoms with Crippen LogP contribution >= 0.6 is 0 Å². The van der Waals surface area contributed by atoms with Gasteiger partial charge in [0.1, 0.15) is 4.90 Å². The molecule has 5 heteroatoms. The highest BCUT2D eigenvalue weighted by atomic mass is 32.2. The van der Waals surface area contributed by atoms with Crippen molar-refractivity contribution in [3.8, 4) is 0 Å². The van der Waals surface area contributed by atoms with Gasteiger partial charge in [-0.25, -0.2) is 0 Å². The van der Waals surface area contributed by atoms with Crippen molar-refractivity contribution < 1.29 is 13.0 Å². The summed E-state index contributed by atoms with van der Waals surface area (Å²) in [6.45, 7) is 0. The van der Waals surface area contributed by atoms with Gasteiger partial charge >= 0.3 is 0 Å². The van der Waals surface area contributed by atoms with Crippen LogP contribution in [0.15, 0.2) is 47.4 Å². The number of rotatable bonds is 1. The van der Waals surface area contributed by atoms with Gasteiger partial charge in [0.15, 0.2) is 0 Å². The lowest BCUT2D eigenvalue weighted by Gasteiger charge is -2.02. The highest BCUT2D eigenvalue weighted by Gasteiger charge is 2.12. The van der Waals surface area contributed by atoms with Crippen molar-refractivity contribution in [2.24, 2.45) is 0 Å². The second kappa shape index (κ2) is 3.98. The first-order chi connectivity index (χ1) is 6.59. The van der Waals surface area contributed by atoms with Gasteiger partial charge in [0.25, 0.3) is 10.1 Å². The summed E-state index contributed by atoms with van der Waals surface area (Å²) in [5.41, 5.74) is 0. The largest absolute Gasteiger partial charge is 0.369 e. The molecule has 2 aromatic rings. The van der Waals surface area contributed by atoms with Gasteiger partial charge in [-0.05, 0) is 11.5 Å². The molecule has 0 fully saturated rings. The molecule has 5 N–H and O–H groups in total. The van der Waals surface area contributed by atoms with Crippen molar-refractivity contribution in [3.05, 3.63) is 42.5 Å². The zero-order valence-electron chi connectivity index (χ0n) is 8.21. The molecule has 0 aliphatic carbocycles. The van der Waals surface area contributed by atoms with E-state index >= 15 is 0 Å². The summed E-state index contributed by atoms with van der Waals surface area (Å²) in [5.74, 6) is 0. The molecular weight excluding hydrogens is 214 g/mol. The molecule has 0 bridgehead atoms. The predicted molar refractivity (Wildman–Crippen MR) is 59.7 cm³/mol. The van der Waals surface area contributed by atoms with E-state index in [0.717, 1.165) is 5.39 Å². The van der Waals surface area contributed by atoms with Crippen molar-refractivity contribution in [2.45, 2.75) is 4.90 Å². The molecule has 0 saturated heterocycles. The van der Waals surface area contributed by atoms with Gasteiger partial charge in [0.05, 0.1) is 0 Å². The molecule has 4 nitrogen and oxygen atoms in total. The summed E-state index contributed by atoms with van der Waals surface area (Å²) in [7, 11) is -4.13. The Morgan fingerprint density at radius 2 is 1.53 bits per heavy atom. The SMILES string of the molecule is O=S(=O)(O)c1cccc2ccccc12.[NH4+]. The monoisotopic (exact) mass is 226 g/mol. The molecule has 0 atom stereocenters. The van der Waals surface area contributed by atoms with E-state index in [1.54, 1.807) is 30.3 Å². The van der Waals surface area contributed by atoms with E-state index in [0.29, 0.717) is 5.39 Å². The molecule has 0 saturated carbocycles. The van der Waals surface area contributed by atoms with Gasteiger partial charge in [-0.15, -0.1) is 0 Å². The Bertz CT molecular complexity index is 573. The molecule has 0 heterocycles. The van der Waals surface area contributed by atoms with Gasteiger partial charge in [0, 0.05) is 5.39 Å². The smallest absolute Gasteiger partial charge is 0.295 e. The number of benzene rings is 2. The van der Waals surface area contributed by atoms with Crippen LogP contribution in [0.1, 0.15) is 0 Å². The average Bonchev–Trinajstić information content (AvgIpc) is 2.15. The Balaban J connectivity index is 0.00000112. The lowest BCUT2D eigenvalue weighted by Crippen LogP contribution is -1.98. The minimum Gasteiger partial charge on any atom is -0.369 e. The summed E-state index contributed by atoms with van der Waals surface area (Å²) < 4.78 is 31.0. The van der Waals surface area contributed by atoms with Crippen LogP contribution in [0.25, 0.3) is 10.8 Å². The number of hydrogen-bond acceptors (Lipinski definition) is 2. The molecule has 0 unspecified atom stereocenters. The fourth-order valence-corrected chi connectivity index (χ4v) is 2.13. The summed E-state index contributed by atoms with van der Waals surface area (Å²) >= 11 is 0. The first kappa shape index (κ1) is 11.6. The van der Waals surface area contributed by atoms with Crippen molar-refractivity contribution in [1.29, 1.82) is 0 Å². The minimum atomic E-state index is -4.13. The lowest BCUT2D eigenvalue weighted by molar-refractivity contribution is 0.484. The molecule has 0 radical (unpaired) electrons. The molecule has 0 aliphatic heterocycles. The van der Waals surface area contributed by atoms with Crippen LogP contribution in [0.4, 0.5) is 0 Å².